The fourth-order valence-corrected chi connectivity index (χ4v) is 4.30. The summed E-state index contributed by atoms with van der Waals surface area (Å²) in [5.41, 5.74) is 3.45. The molecule has 0 amide bonds. The van der Waals surface area contributed by atoms with Crippen LogP contribution in [-0.2, 0) is 10.0 Å². The normalized spacial score (nSPS) is 11.4. The van der Waals surface area contributed by atoms with Gasteiger partial charge in [-0.1, -0.05) is 23.7 Å². The molecule has 2 N–H and O–H groups in total. The molecule has 0 saturated heterocycles. The number of nitrogens with one attached hydrogen (secondary N) is 2. The minimum absolute atomic E-state index is 0.0871. The van der Waals surface area contributed by atoms with Crippen molar-refractivity contribution in [3.8, 4) is 0 Å². The Morgan fingerprint density at radius 1 is 1.06 bits per heavy atom. The van der Waals surface area contributed by atoms with Crippen LogP contribution in [0.4, 0.5) is 17.1 Å². The quantitative estimate of drug-likeness (QED) is 0.199. The second kappa shape index (κ2) is 9.82. The third-order valence-corrected chi connectivity index (χ3v) is 6.49. The van der Waals surface area contributed by atoms with E-state index in [1.807, 2.05) is 30.5 Å². The first kappa shape index (κ1) is 22.6. The van der Waals surface area contributed by atoms with Crippen LogP contribution in [0, 0.1) is 10.1 Å². The van der Waals surface area contributed by atoms with Crippen LogP contribution in [-0.4, -0.2) is 25.8 Å². The predicted octanol–water partition coefficient (Wildman–Crippen LogP) is 5.22. The average Bonchev–Trinajstić information content (AvgIpc) is 2.75. The molecule has 0 aromatic heterocycles. The zero-order valence-corrected chi connectivity index (χ0v) is 18.5. The number of nitro groups is 1. The number of hydrazone groups is 1. The summed E-state index contributed by atoms with van der Waals surface area (Å²) in [7, 11) is -4.15. The summed E-state index contributed by atoms with van der Waals surface area (Å²) < 4.78 is 28.2. The van der Waals surface area contributed by atoms with Crippen LogP contribution in [0.25, 0.3) is 0 Å². The Balaban J connectivity index is 1.90. The van der Waals surface area contributed by atoms with Gasteiger partial charge in [-0.25, -0.2) is 8.42 Å². The van der Waals surface area contributed by atoms with Crippen LogP contribution in [0.5, 0.6) is 0 Å². The smallest absolute Gasteiger partial charge is 0.270 e. The molecule has 11 heteroatoms. The van der Waals surface area contributed by atoms with E-state index >= 15 is 0 Å². The molecule has 8 nitrogen and oxygen atoms in total. The molecule has 31 heavy (non-hydrogen) atoms. The van der Waals surface area contributed by atoms with Gasteiger partial charge in [0.05, 0.1) is 16.8 Å². The molecule has 0 unspecified atom stereocenters. The van der Waals surface area contributed by atoms with Gasteiger partial charge in [0.1, 0.15) is 4.90 Å². The van der Waals surface area contributed by atoms with Gasteiger partial charge in [0.25, 0.3) is 15.7 Å². The van der Waals surface area contributed by atoms with Crippen molar-refractivity contribution >= 4 is 56.7 Å². The first-order chi connectivity index (χ1) is 14.8. The SMILES string of the molecule is CSc1ccc(C=NNc2ccc([N+](=O)[O-])cc2S(=O)(=O)Nc2ccc(Cl)cc2)cc1. The zero-order valence-electron chi connectivity index (χ0n) is 16.2. The molecule has 160 valence electrons. The first-order valence-electron chi connectivity index (χ1n) is 8.78. The van der Waals surface area contributed by atoms with Gasteiger partial charge in [-0.05, 0) is 54.3 Å². The molecule has 3 rings (SSSR count). The highest BCUT2D eigenvalue weighted by Gasteiger charge is 2.22. The number of rotatable bonds is 8. The Bertz CT molecular complexity index is 1210. The molecular formula is C20H17ClN4O4S2. The number of halogens is 1. The second-order valence-electron chi connectivity index (χ2n) is 6.19. The molecule has 0 aliphatic carbocycles. The van der Waals surface area contributed by atoms with E-state index < -0.39 is 14.9 Å². The van der Waals surface area contributed by atoms with E-state index in [2.05, 4.69) is 15.2 Å². The molecule has 3 aromatic carbocycles. The predicted molar refractivity (Wildman–Crippen MR) is 125 cm³/mol. The lowest BCUT2D eigenvalue weighted by Gasteiger charge is -2.12. The summed E-state index contributed by atoms with van der Waals surface area (Å²) >= 11 is 7.44. The lowest BCUT2D eigenvalue weighted by atomic mass is 10.2. The fraction of sp³-hybridized carbons (Fsp3) is 0.0500. The maximum absolute atomic E-state index is 12.9. The van der Waals surface area contributed by atoms with Gasteiger partial charge >= 0.3 is 0 Å². The Kier molecular flexibility index (Phi) is 7.16. The number of hydrogen-bond acceptors (Lipinski definition) is 7. The second-order valence-corrected chi connectivity index (χ2v) is 9.16. The van der Waals surface area contributed by atoms with Crippen molar-refractivity contribution in [1.82, 2.24) is 0 Å². The largest absolute Gasteiger partial charge is 0.280 e. The number of non-ortho nitro benzene ring substituents is 1. The van der Waals surface area contributed by atoms with E-state index in [1.165, 1.54) is 42.6 Å². The molecule has 0 bridgehead atoms. The van der Waals surface area contributed by atoms with Crippen molar-refractivity contribution in [1.29, 1.82) is 0 Å². The van der Waals surface area contributed by atoms with Crippen molar-refractivity contribution in [2.24, 2.45) is 5.10 Å². The Morgan fingerprint density at radius 2 is 1.74 bits per heavy atom. The van der Waals surface area contributed by atoms with Crippen molar-refractivity contribution in [3.63, 3.8) is 0 Å². The van der Waals surface area contributed by atoms with Gasteiger partial charge in [0.15, 0.2) is 0 Å². The van der Waals surface area contributed by atoms with Crippen molar-refractivity contribution < 1.29 is 13.3 Å². The number of sulfonamides is 1. The van der Waals surface area contributed by atoms with E-state index in [0.717, 1.165) is 16.5 Å². The lowest BCUT2D eigenvalue weighted by Crippen LogP contribution is -2.15. The topological polar surface area (TPSA) is 114 Å². The van der Waals surface area contributed by atoms with Crippen LogP contribution in [0.2, 0.25) is 5.02 Å². The summed E-state index contributed by atoms with van der Waals surface area (Å²) in [6.45, 7) is 0. The molecule has 0 aliphatic rings. The van der Waals surface area contributed by atoms with Crippen LogP contribution < -0.4 is 10.1 Å². The molecule has 0 heterocycles. The summed E-state index contributed by atoms with van der Waals surface area (Å²) in [4.78, 5) is 11.3. The molecule has 0 aliphatic heterocycles. The molecule has 3 aromatic rings. The van der Waals surface area contributed by atoms with Crippen molar-refractivity contribution in [2.75, 3.05) is 16.4 Å². The van der Waals surface area contributed by atoms with E-state index in [9.17, 15) is 18.5 Å². The van der Waals surface area contributed by atoms with Crippen molar-refractivity contribution in [2.45, 2.75) is 9.79 Å². The fourth-order valence-electron chi connectivity index (χ4n) is 2.53. The van der Waals surface area contributed by atoms with Crippen LogP contribution in [0.1, 0.15) is 5.56 Å². The molecule has 0 fully saturated rings. The summed E-state index contributed by atoms with van der Waals surface area (Å²) in [5.74, 6) is 0. The van der Waals surface area contributed by atoms with Gasteiger partial charge in [0.2, 0.25) is 0 Å². The van der Waals surface area contributed by atoms with Gasteiger partial charge in [-0.3, -0.25) is 20.3 Å². The number of thioether (sulfide) groups is 1. The Hall–Kier alpha value is -3.08. The Labute approximate surface area is 188 Å². The van der Waals surface area contributed by atoms with Gasteiger partial charge in [-0.2, -0.15) is 5.10 Å². The van der Waals surface area contributed by atoms with Crippen LogP contribution in [0.15, 0.2) is 81.6 Å². The van der Waals surface area contributed by atoms with Gasteiger partial charge in [-0.15, -0.1) is 11.8 Å². The zero-order chi connectivity index (χ0) is 22.4. The summed E-state index contributed by atoms with van der Waals surface area (Å²) in [5, 5.41) is 15.7. The average molecular weight is 477 g/mol. The summed E-state index contributed by atoms with van der Waals surface area (Å²) in [6.07, 6.45) is 3.49. The highest BCUT2D eigenvalue weighted by Crippen LogP contribution is 2.28. The van der Waals surface area contributed by atoms with E-state index in [4.69, 9.17) is 11.6 Å². The Morgan fingerprint density at radius 3 is 2.35 bits per heavy atom. The highest BCUT2D eigenvalue weighted by molar-refractivity contribution is 7.98. The number of nitro benzene ring substituents is 1. The van der Waals surface area contributed by atoms with Gasteiger partial charge in [0, 0.05) is 27.7 Å². The minimum atomic E-state index is -4.15. The minimum Gasteiger partial charge on any atom is -0.280 e. The molecule has 0 atom stereocenters. The van der Waals surface area contributed by atoms with Crippen LogP contribution in [0.3, 0.4) is 0 Å². The van der Waals surface area contributed by atoms with E-state index in [-0.39, 0.29) is 22.0 Å². The third kappa shape index (κ3) is 5.97. The van der Waals surface area contributed by atoms with Crippen LogP contribution >= 0.6 is 23.4 Å². The molecule has 0 saturated carbocycles. The maximum atomic E-state index is 12.9. The maximum Gasteiger partial charge on any atom is 0.270 e. The van der Waals surface area contributed by atoms with Crippen molar-refractivity contribution in [3.05, 3.63) is 87.4 Å². The summed E-state index contributed by atoms with van der Waals surface area (Å²) in [6, 6.07) is 17.1. The molecular weight excluding hydrogens is 460 g/mol. The van der Waals surface area contributed by atoms with E-state index in [1.54, 1.807) is 11.8 Å². The van der Waals surface area contributed by atoms with Gasteiger partial charge < -0.3 is 0 Å². The third-order valence-electron chi connectivity index (χ3n) is 4.08. The number of hydrogen-bond donors (Lipinski definition) is 2. The number of nitrogens with zero attached hydrogens (tertiary/aromatic N) is 2. The monoisotopic (exact) mass is 476 g/mol. The molecule has 0 radical (unpaired) electrons. The number of anilines is 2. The molecule has 0 spiro atoms. The first-order valence-corrected chi connectivity index (χ1v) is 11.9. The number of benzene rings is 3. The lowest BCUT2D eigenvalue weighted by molar-refractivity contribution is -0.385. The van der Waals surface area contributed by atoms with E-state index in [0.29, 0.717) is 5.02 Å². The highest BCUT2D eigenvalue weighted by atomic mass is 35.5. The standard InChI is InChI=1S/C20H17ClN4O4S2/c1-30-18-9-2-14(3-10-18)13-22-23-19-11-8-17(25(26)27)12-20(19)31(28,29)24-16-6-4-15(21)5-7-16/h2-13,23-24H,1H3.